The monoisotopic (exact) mass is 195 g/mol. The lowest BCUT2D eigenvalue weighted by atomic mass is 9.75. The van der Waals surface area contributed by atoms with Gasteiger partial charge >= 0.3 is 0 Å². The van der Waals surface area contributed by atoms with E-state index < -0.39 is 0 Å². The van der Waals surface area contributed by atoms with Gasteiger partial charge in [0.15, 0.2) is 0 Å². The highest BCUT2D eigenvalue weighted by Gasteiger charge is 2.28. The standard InChI is InChI=1S/C12H21NO/c1-10(2)12(3,9-13-4)7-11-5-6-14-8-11/h5-6,8,10,13H,7,9H2,1-4H3. The summed E-state index contributed by atoms with van der Waals surface area (Å²) in [5.74, 6) is 0.657. The Hall–Kier alpha value is -0.760. The Labute approximate surface area is 86.7 Å². The molecule has 0 bridgehead atoms. The molecule has 0 aromatic carbocycles. The summed E-state index contributed by atoms with van der Waals surface area (Å²) in [6.45, 7) is 7.91. The van der Waals surface area contributed by atoms with Gasteiger partial charge in [0.1, 0.15) is 0 Å². The Morgan fingerprint density at radius 2 is 2.21 bits per heavy atom. The molecule has 1 rings (SSSR count). The van der Waals surface area contributed by atoms with Crippen LogP contribution in [0.25, 0.3) is 0 Å². The quantitative estimate of drug-likeness (QED) is 0.781. The molecule has 80 valence electrons. The van der Waals surface area contributed by atoms with Crippen LogP contribution >= 0.6 is 0 Å². The highest BCUT2D eigenvalue weighted by atomic mass is 16.3. The minimum absolute atomic E-state index is 0.304. The molecule has 1 heterocycles. The molecule has 0 aliphatic carbocycles. The highest BCUT2D eigenvalue weighted by molar-refractivity contribution is 5.09. The van der Waals surface area contributed by atoms with Gasteiger partial charge in [0.05, 0.1) is 12.5 Å². The van der Waals surface area contributed by atoms with Crippen molar-refractivity contribution in [3.05, 3.63) is 24.2 Å². The van der Waals surface area contributed by atoms with Gasteiger partial charge in [-0.3, -0.25) is 0 Å². The fourth-order valence-corrected chi connectivity index (χ4v) is 1.73. The van der Waals surface area contributed by atoms with Crippen LogP contribution in [-0.4, -0.2) is 13.6 Å². The number of hydrogen-bond acceptors (Lipinski definition) is 2. The van der Waals surface area contributed by atoms with Crippen LogP contribution in [0, 0.1) is 11.3 Å². The van der Waals surface area contributed by atoms with Crippen LogP contribution in [0.5, 0.6) is 0 Å². The van der Waals surface area contributed by atoms with Crippen LogP contribution in [-0.2, 0) is 6.42 Å². The summed E-state index contributed by atoms with van der Waals surface area (Å²) < 4.78 is 5.10. The summed E-state index contributed by atoms with van der Waals surface area (Å²) in [6, 6.07) is 2.05. The largest absolute Gasteiger partial charge is 0.472 e. The molecule has 0 amide bonds. The zero-order valence-electron chi connectivity index (χ0n) is 9.63. The van der Waals surface area contributed by atoms with Gasteiger partial charge in [0.2, 0.25) is 0 Å². The lowest BCUT2D eigenvalue weighted by molar-refractivity contribution is 0.212. The normalized spacial score (nSPS) is 15.8. The van der Waals surface area contributed by atoms with E-state index in [1.807, 2.05) is 13.3 Å². The summed E-state index contributed by atoms with van der Waals surface area (Å²) in [5.41, 5.74) is 1.59. The van der Waals surface area contributed by atoms with Crippen molar-refractivity contribution in [2.24, 2.45) is 11.3 Å². The van der Waals surface area contributed by atoms with Crippen molar-refractivity contribution in [2.75, 3.05) is 13.6 Å². The Morgan fingerprint density at radius 3 is 2.64 bits per heavy atom. The molecule has 1 N–H and O–H groups in total. The van der Waals surface area contributed by atoms with Crippen molar-refractivity contribution >= 4 is 0 Å². The fraction of sp³-hybridized carbons (Fsp3) is 0.667. The smallest absolute Gasteiger partial charge is 0.0934 e. The molecule has 1 atom stereocenters. The zero-order valence-corrected chi connectivity index (χ0v) is 9.63. The molecule has 1 aromatic heterocycles. The van der Waals surface area contributed by atoms with Crippen LogP contribution in [0.4, 0.5) is 0 Å². The van der Waals surface area contributed by atoms with Gasteiger partial charge in [-0.05, 0) is 36.4 Å². The van der Waals surface area contributed by atoms with Crippen LogP contribution in [0.2, 0.25) is 0 Å². The Kier molecular flexibility index (Phi) is 3.76. The molecule has 0 radical (unpaired) electrons. The maximum Gasteiger partial charge on any atom is 0.0934 e. The average molecular weight is 195 g/mol. The molecule has 1 aromatic rings. The molecule has 2 heteroatoms. The van der Waals surface area contributed by atoms with Crippen LogP contribution in [0.3, 0.4) is 0 Å². The molecule has 0 fully saturated rings. The van der Waals surface area contributed by atoms with E-state index in [-0.39, 0.29) is 0 Å². The first-order valence-electron chi connectivity index (χ1n) is 5.24. The van der Waals surface area contributed by atoms with E-state index in [2.05, 4.69) is 32.2 Å². The second-order valence-corrected chi connectivity index (χ2v) is 4.65. The minimum atomic E-state index is 0.304. The Bertz CT molecular complexity index is 253. The van der Waals surface area contributed by atoms with Gasteiger partial charge in [-0.2, -0.15) is 0 Å². The number of hydrogen-bond donors (Lipinski definition) is 1. The first-order valence-corrected chi connectivity index (χ1v) is 5.24. The molecule has 14 heavy (non-hydrogen) atoms. The van der Waals surface area contributed by atoms with E-state index in [0.717, 1.165) is 13.0 Å². The molecule has 0 spiro atoms. The van der Waals surface area contributed by atoms with Gasteiger partial charge < -0.3 is 9.73 Å². The van der Waals surface area contributed by atoms with Crippen molar-refractivity contribution in [3.63, 3.8) is 0 Å². The highest BCUT2D eigenvalue weighted by Crippen LogP contribution is 2.30. The summed E-state index contributed by atoms with van der Waals surface area (Å²) in [5, 5.41) is 3.27. The Balaban J connectivity index is 2.69. The van der Waals surface area contributed by atoms with Crippen molar-refractivity contribution < 1.29 is 4.42 Å². The van der Waals surface area contributed by atoms with E-state index in [1.165, 1.54) is 5.56 Å². The molecular formula is C12H21NO. The number of furan rings is 1. The van der Waals surface area contributed by atoms with E-state index in [9.17, 15) is 0 Å². The molecule has 1 unspecified atom stereocenters. The summed E-state index contributed by atoms with van der Waals surface area (Å²) >= 11 is 0. The summed E-state index contributed by atoms with van der Waals surface area (Å²) in [6.07, 6.45) is 4.66. The van der Waals surface area contributed by atoms with Gasteiger partial charge in [-0.15, -0.1) is 0 Å². The molecule has 0 saturated heterocycles. The third-order valence-corrected chi connectivity index (χ3v) is 3.16. The summed E-state index contributed by atoms with van der Waals surface area (Å²) in [7, 11) is 2.01. The van der Waals surface area contributed by atoms with E-state index in [0.29, 0.717) is 11.3 Å². The minimum Gasteiger partial charge on any atom is -0.472 e. The molecule has 0 aliphatic rings. The molecule has 0 saturated carbocycles. The van der Waals surface area contributed by atoms with Crippen LogP contribution < -0.4 is 5.32 Å². The van der Waals surface area contributed by atoms with Gasteiger partial charge in [0, 0.05) is 6.54 Å². The van der Waals surface area contributed by atoms with E-state index in [4.69, 9.17) is 4.42 Å². The molecule has 2 nitrogen and oxygen atoms in total. The first kappa shape index (κ1) is 11.3. The number of nitrogens with one attached hydrogen (secondary N) is 1. The predicted octanol–water partition coefficient (Wildman–Crippen LogP) is 2.70. The van der Waals surface area contributed by atoms with Crippen molar-refractivity contribution in [2.45, 2.75) is 27.2 Å². The van der Waals surface area contributed by atoms with Gasteiger partial charge in [0.25, 0.3) is 0 Å². The fourth-order valence-electron chi connectivity index (χ4n) is 1.73. The van der Waals surface area contributed by atoms with Crippen LogP contribution in [0.1, 0.15) is 26.3 Å². The summed E-state index contributed by atoms with van der Waals surface area (Å²) in [4.78, 5) is 0. The molecule has 0 aliphatic heterocycles. The van der Waals surface area contributed by atoms with Crippen molar-refractivity contribution in [3.8, 4) is 0 Å². The maximum atomic E-state index is 5.10. The zero-order chi connectivity index (χ0) is 10.6. The second kappa shape index (κ2) is 4.65. The van der Waals surface area contributed by atoms with Crippen molar-refractivity contribution in [1.82, 2.24) is 5.32 Å². The third-order valence-electron chi connectivity index (χ3n) is 3.16. The van der Waals surface area contributed by atoms with Gasteiger partial charge in [-0.1, -0.05) is 20.8 Å². The van der Waals surface area contributed by atoms with E-state index >= 15 is 0 Å². The Morgan fingerprint density at radius 1 is 1.50 bits per heavy atom. The second-order valence-electron chi connectivity index (χ2n) is 4.65. The topological polar surface area (TPSA) is 25.2 Å². The number of rotatable bonds is 5. The van der Waals surface area contributed by atoms with Gasteiger partial charge in [-0.25, -0.2) is 0 Å². The van der Waals surface area contributed by atoms with Crippen LogP contribution in [0.15, 0.2) is 23.0 Å². The predicted molar refractivity (Wildman–Crippen MR) is 59.3 cm³/mol. The van der Waals surface area contributed by atoms with E-state index in [1.54, 1.807) is 6.26 Å². The lowest BCUT2D eigenvalue weighted by Crippen LogP contribution is -2.36. The van der Waals surface area contributed by atoms with Crippen molar-refractivity contribution in [1.29, 1.82) is 0 Å². The SMILES string of the molecule is CNCC(C)(Cc1ccoc1)C(C)C. The average Bonchev–Trinajstić information content (AvgIpc) is 2.56. The first-order chi connectivity index (χ1) is 6.58. The third kappa shape index (κ3) is 2.61. The molecular weight excluding hydrogens is 174 g/mol. The maximum absolute atomic E-state index is 5.10. The lowest BCUT2D eigenvalue weighted by Gasteiger charge is -2.33.